The lowest BCUT2D eigenvalue weighted by Crippen LogP contribution is -2.28. The van der Waals surface area contributed by atoms with Crippen LogP contribution in [-0.4, -0.2) is 48.7 Å². The Hall–Kier alpha value is -0.130. The Balaban J connectivity index is 2.21. The van der Waals surface area contributed by atoms with Crippen LogP contribution in [0.3, 0.4) is 0 Å². The highest BCUT2D eigenvalue weighted by Gasteiger charge is 2.28. The molecule has 0 aromatic rings. The molecule has 1 amide bonds. The number of rotatable bonds is 9. The quantitative estimate of drug-likeness (QED) is 0.483. The number of ether oxygens (including phenoxy) is 2. The molecule has 0 aliphatic carbocycles. The third kappa shape index (κ3) is 5.24. The third-order valence-corrected chi connectivity index (χ3v) is 4.00. The van der Waals surface area contributed by atoms with Crippen LogP contribution < -0.4 is 0 Å². The summed E-state index contributed by atoms with van der Waals surface area (Å²) in [6.45, 7) is 6.97. The monoisotopic (exact) mass is 321 g/mol. The van der Waals surface area contributed by atoms with Crippen molar-refractivity contribution in [1.82, 2.24) is 4.90 Å². The van der Waals surface area contributed by atoms with Crippen molar-refractivity contribution in [3.63, 3.8) is 0 Å². The van der Waals surface area contributed by atoms with E-state index in [2.05, 4.69) is 15.9 Å². The van der Waals surface area contributed by atoms with Crippen LogP contribution >= 0.6 is 15.9 Å². The van der Waals surface area contributed by atoms with Crippen LogP contribution in [0.25, 0.3) is 0 Å². The highest BCUT2D eigenvalue weighted by Crippen LogP contribution is 2.20. The molecule has 0 spiro atoms. The SMILES string of the molecule is CCOC(CCCN1CC(CBr)CC1=O)OCC. The molecule has 0 radical (unpaired) electrons. The minimum atomic E-state index is -0.121. The number of amides is 1. The summed E-state index contributed by atoms with van der Waals surface area (Å²) in [7, 11) is 0. The van der Waals surface area contributed by atoms with Gasteiger partial charge in [0.1, 0.15) is 0 Å². The van der Waals surface area contributed by atoms with Gasteiger partial charge in [-0.3, -0.25) is 4.79 Å². The maximum absolute atomic E-state index is 11.7. The Morgan fingerprint density at radius 2 is 2.06 bits per heavy atom. The van der Waals surface area contributed by atoms with E-state index in [1.54, 1.807) is 0 Å². The smallest absolute Gasteiger partial charge is 0.222 e. The zero-order chi connectivity index (χ0) is 13.4. The summed E-state index contributed by atoms with van der Waals surface area (Å²) < 4.78 is 11.0. The van der Waals surface area contributed by atoms with Gasteiger partial charge < -0.3 is 14.4 Å². The molecule has 0 N–H and O–H groups in total. The lowest BCUT2D eigenvalue weighted by Gasteiger charge is -2.20. The summed E-state index contributed by atoms with van der Waals surface area (Å²) in [5.41, 5.74) is 0. The molecule has 18 heavy (non-hydrogen) atoms. The van der Waals surface area contributed by atoms with Crippen LogP contribution in [0.2, 0.25) is 0 Å². The Kier molecular flexibility index (Phi) is 7.86. The summed E-state index contributed by atoms with van der Waals surface area (Å²) in [6.07, 6.45) is 2.35. The van der Waals surface area contributed by atoms with Crippen molar-refractivity contribution in [2.45, 2.75) is 39.4 Å². The van der Waals surface area contributed by atoms with Gasteiger partial charge in [-0.25, -0.2) is 0 Å². The van der Waals surface area contributed by atoms with E-state index in [-0.39, 0.29) is 12.2 Å². The first-order valence-corrected chi connectivity index (χ1v) is 7.90. The van der Waals surface area contributed by atoms with Crippen LogP contribution in [0, 0.1) is 5.92 Å². The second-order valence-corrected chi connectivity index (χ2v) is 5.19. The summed E-state index contributed by atoms with van der Waals surface area (Å²) in [5.74, 6) is 0.760. The van der Waals surface area contributed by atoms with Gasteiger partial charge in [0.15, 0.2) is 6.29 Å². The lowest BCUT2D eigenvalue weighted by atomic mass is 10.2. The number of hydrogen-bond acceptors (Lipinski definition) is 3. The lowest BCUT2D eigenvalue weighted by molar-refractivity contribution is -0.141. The number of hydrogen-bond donors (Lipinski definition) is 0. The van der Waals surface area contributed by atoms with E-state index in [4.69, 9.17) is 9.47 Å². The van der Waals surface area contributed by atoms with Crippen molar-refractivity contribution < 1.29 is 14.3 Å². The number of carbonyl (C=O) groups excluding carboxylic acids is 1. The molecule has 1 aliphatic rings. The predicted molar refractivity (Wildman–Crippen MR) is 74.8 cm³/mol. The molecule has 0 aromatic carbocycles. The summed E-state index contributed by atoms with van der Waals surface area (Å²) in [6, 6.07) is 0. The third-order valence-electron chi connectivity index (χ3n) is 3.09. The zero-order valence-electron chi connectivity index (χ0n) is 11.4. The normalized spacial score (nSPS) is 20.1. The topological polar surface area (TPSA) is 38.8 Å². The fraction of sp³-hybridized carbons (Fsp3) is 0.923. The Morgan fingerprint density at radius 1 is 1.39 bits per heavy atom. The van der Waals surface area contributed by atoms with Crippen molar-refractivity contribution in [2.75, 3.05) is 31.6 Å². The van der Waals surface area contributed by atoms with Crippen LogP contribution in [-0.2, 0) is 14.3 Å². The molecule has 1 rings (SSSR count). The molecule has 1 fully saturated rings. The van der Waals surface area contributed by atoms with E-state index in [1.165, 1.54) is 0 Å². The molecule has 1 atom stereocenters. The summed E-state index contributed by atoms with van der Waals surface area (Å²) in [5, 5.41) is 0.912. The van der Waals surface area contributed by atoms with Gasteiger partial charge in [-0.1, -0.05) is 15.9 Å². The highest BCUT2D eigenvalue weighted by atomic mass is 79.9. The van der Waals surface area contributed by atoms with Gasteiger partial charge in [0, 0.05) is 44.5 Å². The minimum Gasteiger partial charge on any atom is -0.353 e. The largest absolute Gasteiger partial charge is 0.353 e. The van der Waals surface area contributed by atoms with E-state index in [0.717, 1.165) is 31.3 Å². The van der Waals surface area contributed by atoms with Crippen LogP contribution in [0.1, 0.15) is 33.1 Å². The van der Waals surface area contributed by atoms with E-state index >= 15 is 0 Å². The van der Waals surface area contributed by atoms with Crippen molar-refractivity contribution in [3.8, 4) is 0 Å². The molecular weight excluding hydrogens is 298 g/mol. The van der Waals surface area contributed by atoms with Crippen molar-refractivity contribution in [3.05, 3.63) is 0 Å². The number of likely N-dealkylation sites (tertiary alicyclic amines) is 1. The molecule has 1 heterocycles. The molecular formula is C13H24BrNO3. The van der Waals surface area contributed by atoms with Gasteiger partial charge >= 0.3 is 0 Å². The van der Waals surface area contributed by atoms with Gasteiger partial charge in [-0.2, -0.15) is 0 Å². The molecule has 0 saturated carbocycles. The van der Waals surface area contributed by atoms with Crippen molar-refractivity contribution >= 4 is 21.8 Å². The molecule has 4 nitrogen and oxygen atoms in total. The fourth-order valence-corrected chi connectivity index (χ4v) is 2.64. The van der Waals surface area contributed by atoms with Gasteiger partial charge in [-0.15, -0.1) is 0 Å². The predicted octanol–water partition coefficient (Wildman–Crippen LogP) is 2.41. The molecule has 0 bridgehead atoms. The second-order valence-electron chi connectivity index (χ2n) is 4.55. The van der Waals surface area contributed by atoms with Gasteiger partial charge in [-0.05, 0) is 26.2 Å². The van der Waals surface area contributed by atoms with E-state index < -0.39 is 0 Å². The zero-order valence-corrected chi connectivity index (χ0v) is 12.9. The molecule has 0 aromatic heterocycles. The number of halogens is 1. The maximum atomic E-state index is 11.7. The van der Waals surface area contributed by atoms with Crippen molar-refractivity contribution in [2.24, 2.45) is 5.92 Å². The Labute approximate surface area is 118 Å². The number of nitrogens with zero attached hydrogens (tertiary/aromatic N) is 1. The molecule has 106 valence electrons. The summed E-state index contributed by atoms with van der Waals surface area (Å²) in [4.78, 5) is 13.7. The average Bonchev–Trinajstić information content (AvgIpc) is 2.71. The molecule has 1 saturated heterocycles. The van der Waals surface area contributed by atoms with Gasteiger partial charge in [0.2, 0.25) is 5.91 Å². The van der Waals surface area contributed by atoms with E-state index in [9.17, 15) is 4.79 Å². The minimum absolute atomic E-state index is 0.121. The molecule has 1 aliphatic heterocycles. The first-order valence-electron chi connectivity index (χ1n) is 6.78. The average molecular weight is 322 g/mol. The highest BCUT2D eigenvalue weighted by molar-refractivity contribution is 9.09. The first kappa shape index (κ1) is 15.9. The van der Waals surface area contributed by atoms with Crippen LogP contribution in [0.4, 0.5) is 0 Å². The molecule has 1 unspecified atom stereocenters. The standard InChI is InChI=1S/C13H24BrNO3/c1-3-17-13(18-4-2)6-5-7-15-10-11(9-14)8-12(15)16/h11,13H,3-10H2,1-2H3. The van der Waals surface area contributed by atoms with Gasteiger partial charge in [0.25, 0.3) is 0 Å². The van der Waals surface area contributed by atoms with E-state index in [1.807, 2.05) is 18.7 Å². The fourth-order valence-electron chi connectivity index (χ4n) is 2.21. The molecule has 5 heteroatoms. The van der Waals surface area contributed by atoms with Crippen LogP contribution in [0.15, 0.2) is 0 Å². The maximum Gasteiger partial charge on any atom is 0.222 e. The van der Waals surface area contributed by atoms with E-state index in [0.29, 0.717) is 25.6 Å². The first-order chi connectivity index (χ1) is 8.71. The Bertz CT molecular complexity index is 244. The van der Waals surface area contributed by atoms with Crippen LogP contribution in [0.5, 0.6) is 0 Å². The summed E-state index contributed by atoms with van der Waals surface area (Å²) >= 11 is 3.44. The second kappa shape index (κ2) is 8.88. The number of alkyl halides is 1. The van der Waals surface area contributed by atoms with Gasteiger partial charge in [0.05, 0.1) is 0 Å². The number of carbonyl (C=O) groups is 1. The Morgan fingerprint density at radius 3 is 2.56 bits per heavy atom. The van der Waals surface area contributed by atoms with Crippen molar-refractivity contribution in [1.29, 1.82) is 0 Å².